The molecule has 2 rings (SSSR count). The predicted octanol–water partition coefficient (Wildman–Crippen LogP) is 3.38. The quantitative estimate of drug-likeness (QED) is 0.855. The zero-order valence-corrected chi connectivity index (χ0v) is 11.0. The molecule has 80 valence electrons. The summed E-state index contributed by atoms with van der Waals surface area (Å²) in [5.74, 6) is 0. The van der Waals surface area contributed by atoms with Crippen LogP contribution in [0, 0.1) is 0 Å². The van der Waals surface area contributed by atoms with E-state index in [9.17, 15) is 4.79 Å². The SMILES string of the molecule is O=C1N[C@@H](c2ccc(Br)c(Br)c2)CCO1. The molecule has 0 aromatic heterocycles. The van der Waals surface area contributed by atoms with E-state index in [4.69, 9.17) is 4.74 Å². The van der Waals surface area contributed by atoms with Crippen molar-refractivity contribution in [2.45, 2.75) is 12.5 Å². The van der Waals surface area contributed by atoms with Crippen LogP contribution in [0.2, 0.25) is 0 Å². The number of hydrogen-bond donors (Lipinski definition) is 1. The zero-order valence-electron chi connectivity index (χ0n) is 7.80. The van der Waals surface area contributed by atoms with Crippen molar-refractivity contribution in [2.24, 2.45) is 0 Å². The number of amides is 1. The van der Waals surface area contributed by atoms with Crippen LogP contribution in [0.4, 0.5) is 4.79 Å². The number of halogens is 2. The highest BCUT2D eigenvalue weighted by Gasteiger charge is 2.20. The van der Waals surface area contributed by atoms with Crippen LogP contribution in [0.1, 0.15) is 18.0 Å². The molecule has 1 atom stereocenters. The fourth-order valence-electron chi connectivity index (χ4n) is 1.50. The lowest BCUT2D eigenvalue weighted by Gasteiger charge is -2.23. The van der Waals surface area contributed by atoms with E-state index >= 15 is 0 Å². The molecule has 1 heterocycles. The molecule has 15 heavy (non-hydrogen) atoms. The Kier molecular flexibility index (Phi) is 3.31. The Hall–Kier alpha value is -0.550. The van der Waals surface area contributed by atoms with Gasteiger partial charge in [0.1, 0.15) is 0 Å². The van der Waals surface area contributed by atoms with Gasteiger partial charge < -0.3 is 10.1 Å². The molecule has 0 aliphatic carbocycles. The fourth-order valence-corrected chi connectivity index (χ4v) is 2.15. The van der Waals surface area contributed by atoms with Gasteiger partial charge in [-0.15, -0.1) is 0 Å². The normalized spacial score (nSPS) is 20.7. The zero-order chi connectivity index (χ0) is 10.8. The van der Waals surface area contributed by atoms with Crippen molar-refractivity contribution in [3.05, 3.63) is 32.7 Å². The molecule has 5 heteroatoms. The van der Waals surface area contributed by atoms with Crippen molar-refractivity contribution in [3.8, 4) is 0 Å². The Labute approximate surface area is 104 Å². The van der Waals surface area contributed by atoms with E-state index < -0.39 is 0 Å². The van der Waals surface area contributed by atoms with Gasteiger partial charge in [0.2, 0.25) is 0 Å². The average Bonchev–Trinajstić information content (AvgIpc) is 2.22. The lowest BCUT2D eigenvalue weighted by Crippen LogP contribution is -2.35. The molecule has 0 radical (unpaired) electrons. The Morgan fingerprint density at radius 2 is 2.13 bits per heavy atom. The molecule has 0 bridgehead atoms. The molecule has 1 amide bonds. The van der Waals surface area contributed by atoms with Crippen LogP contribution in [0.5, 0.6) is 0 Å². The van der Waals surface area contributed by atoms with Gasteiger partial charge in [0.05, 0.1) is 12.6 Å². The van der Waals surface area contributed by atoms with Crippen LogP contribution in [-0.4, -0.2) is 12.7 Å². The first-order chi connectivity index (χ1) is 7.16. The summed E-state index contributed by atoms with van der Waals surface area (Å²) in [6.07, 6.45) is 0.463. The van der Waals surface area contributed by atoms with Crippen LogP contribution in [0.3, 0.4) is 0 Å². The average molecular weight is 335 g/mol. The Balaban J connectivity index is 2.21. The summed E-state index contributed by atoms with van der Waals surface area (Å²) in [5, 5.41) is 2.78. The minimum absolute atomic E-state index is 0.0515. The molecule has 1 aliphatic rings. The number of carbonyl (C=O) groups excluding carboxylic acids is 1. The summed E-state index contributed by atoms with van der Waals surface area (Å²) in [4.78, 5) is 11.0. The second-order valence-corrected chi connectivity index (χ2v) is 5.00. The maximum atomic E-state index is 11.0. The molecule has 1 aromatic carbocycles. The van der Waals surface area contributed by atoms with Crippen LogP contribution < -0.4 is 5.32 Å². The van der Waals surface area contributed by atoms with Gasteiger partial charge in [-0.25, -0.2) is 4.79 Å². The van der Waals surface area contributed by atoms with Crippen molar-refractivity contribution in [2.75, 3.05) is 6.61 Å². The highest BCUT2D eigenvalue weighted by Crippen LogP contribution is 2.28. The van der Waals surface area contributed by atoms with Gasteiger partial charge >= 0.3 is 6.09 Å². The van der Waals surface area contributed by atoms with Gasteiger partial charge in [0, 0.05) is 15.4 Å². The topological polar surface area (TPSA) is 38.3 Å². The van der Waals surface area contributed by atoms with E-state index in [1.807, 2.05) is 18.2 Å². The third-order valence-electron chi connectivity index (χ3n) is 2.28. The van der Waals surface area contributed by atoms with Crippen molar-refractivity contribution < 1.29 is 9.53 Å². The van der Waals surface area contributed by atoms with E-state index in [1.54, 1.807) is 0 Å². The monoisotopic (exact) mass is 333 g/mol. The lowest BCUT2D eigenvalue weighted by molar-refractivity contribution is 0.115. The van der Waals surface area contributed by atoms with E-state index in [-0.39, 0.29) is 12.1 Å². The molecule has 0 saturated carbocycles. The van der Waals surface area contributed by atoms with Gasteiger partial charge in [0.15, 0.2) is 0 Å². The fraction of sp³-hybridized carbons (Fsp3) is 0.300. The number of carbonyl (C=O) groups is 1. The van der Waals surface area contributed by atoms with E-state index in [0.717, 1.165) is 20.9 Å². The van der Waals surface area contributed by atoms with E-state index in [0.29, 0.717) is 6.61 Å². The summed E-state index contributed by atoms with van der Waals surface area (Å²) in [6, 6.07) is 6.00. The molecular formula is C10H9Br2NO2. The molecule has 1 fully saturated rings. The Morgan fingerprint density at radius 3 is 2.80 bits per heavy atom. The third kappa shape index (κ3) is 2.52. The smallest absolute Gasteiger partial charge is 0.407 e. The number of hydrogen-bond acceptors (Lipinski definition) is 2. The number of benzene rings is 1. The first kappa shape index (κ1) is 11.0. The first-order valence-corrected chi connectivity index (χ1v) is 6.13. The largest absolute Gasteiger partial charge is 0.449 e. The maximum absolute atomic E-state index is 11.0. The minimum Gasteiger partial charge on any atom is -0.449 e. The van der Waals surface area contributed by atoms with Gasteiger partial charge in [-0.2, -0.15) is 0 Å². The van der Waals surface area contributed by atoms with Gasteiger partial charge in [-0.05, 0) is 49.6 Å². The minimum atomic E-state index is -0.342. The highest BCUT2D eigenvalue weighted by atomic mass is 79.9. The summed E-state index contributed by atoms with van der Waals surface area (Å²) in [7, 11) is 0. The number of cyclic esters (lactones) is 1. The van der Waals surface area contributed by atoms with Crippen LogP contribution in [0.15, 0.2) is 27.1 Å². The summed E-state index contributed by atoms with van der Waals surface area (Å²) < 4.78 is 6.80. The number of ether oxygens (including phenoxy) is 1. The van der Waals surface area contributed by atoms with Crippen molar-refractivity contribution >= 4 is 38.0 Å². The molecule has 1 aliphatic heterocycles. The highest BCUT2D eigenvalue weighted by molar-refractivity contribution is 9.13. The number of nitrogens with one attached hydrogen (secondary N) is 1. The van der Waals surface area contributed by atoms with Crippen LogP contribution in [0.25, 0.3) is 0 Å². The van der Waals surface area contributed by atoms with Crippen molar-refractivity contribution in [1.29, 1.82) is 0 Å². The molecule has 1 aromatic rings. The molecule has 1 N–H and O–H groups in total. The molecular weight excluding hydrogens is 326 g/mol. The molecule has 3 nitrogen and oxygen atoms in total. The summed E-state index contributed by atoms with van der Waals surface area (Å²) in [5.41, 5.74) is 1.08. The van der Waals surface area contributed by atoms with Gasteiger partial charge in [-0.1, -0.05) is 6.07 Å². The Morgan fingerprint density at radius 1 is 1.33 bits per heavy atom. The molecule has 0 unspecified atom stereocenters. The van der Waals surface area contributed by atoms with E-state index in [1.165, 1.54) is 0 Å². The van der Waals surface area contributed by atoms with Gasteiger partial charge in [-0.3, -0.25) is 0 Å². The van der Waals surface area contributed by atoms with Crippen molar-refractivity contribution in [1.82, 2.24) is 5.32 Å². The number of rotatable bonds is 1. The standard InChI is InChI=1S/C10H9Br2NO2/c11-7-2-1-6(5-8(7)12)9-3-4-15-10(14)13-9/h1-2,5,9H,3-4H2,(H,13,14)/t9-/m1/s1. The van der Waals surface area contributed by atoms with Crippen LogP contribution in [-0.2, 0) is 4.74 Å². The summed E-state index contributed by atoms with van der Waals surface area (Å²) >= 11 is 6.84. The van der Waals surface area contributed by atoms with Gasteiger partial charge in [0.25, 0.3) is 0 Å². The lowest BCUT2D eigenvalue weighted by atomic mass is 10.0. The number of alkyl carbamates (subject to hydrolysis) is 1. The van der Waals surface area contributed by atoms with E-state index in [2.05, 4.69) is 37.2 Å². The van der Waals surface area contributed by atoms with Crippen LogP contribution >= 0.6 is 31.9 Å². The first-order valence-electron chi connectivity index (χ1n) is 4.55. The summed E-state index contributed by atoms with van der Waals surface area (Å²) in [6.45, 7) is 0.476. The van der Waals surface area contributed by atoms with Crippen molar-refractivity contribution in [3.63, 3.8) is 0 Å². The second kappa shape index (κ2) is 4.53. The molecule has 1 saturated heterocycles. The second-order valence-electron chi connectivity index (χ2n) is 3.30. The third-order valence-corrected chi connectivity index (χ3v) is 4.16. The maximum Gasteiger partial charge on any atom is 0.407 e. The predicted molar refractivity (Wildman–Crippen MR) is 63.7 cm³/mol. The Bertz CT molecular complexity index is 395. The molecule has 0 spiro atoms.